The van der Waals surface area contributed by atoms with Crippen LogP contribution >= 0.6 is 0 Å². The summed E-state index contributed by atoms with van der Waals surface area (Å²) in [5, 5.41) is 15.7. The van der Waals surface area contributed by atoms with E-state index in [9.17, 15) is 4.79 Å². The molecule has 0 aliphatic rings. The van der Waals surface area contributed by atoms with Crippen molar-refractivity contribution in [3.8, 4) is 6.07 Å². The molecule has 20 heavy (non-hydrogen) atoms. The molecule has 0 spiro atoms. The molecule has 3 rings (SSSR count). The Morgan fingerprint density at radius 3 is 3.10 bits per heavy atom. The van der Waals surface area contributed by atoms with Crippen LogP contribution in [0.5, 0.6) is 0 Å². The smallest absolute Gasteiger partial charge is 0.259 e. The van der Waals surface area contributed by atoms with E-state index in [-0.39, 0.29) is 5.91 Å². The van der Waals surface area contributed by atoms with E-state index in [0.29, 0.717) is 22.3 Å². The van der Waals surface area contributed by atoms with Crippen LogP contribution in [0.15, 0.2) is 49.1 Å². The molecule has 96 valence electrons. The summed E-state index contributed by atoms with van der Waals surface area (Å²) >= 11 is 0. The average Bonchev–Trinajstić information content (AvgIpc) is 2.91. The number of amides is 1. The van der Waals surface area contributed by atoms with E-state index in [0.717, 1.165) is 0 Å². The van der Waals surface area contributed by atoms with Gasteiger partial charge in [0.15, 0.2) is 0 Å². The first-order chi connectivity index (χ1) is 9.78. The number of nitrogens with one attached hydrogen (secondary N) is 1. The van der Waals surface area contributed by atoms with Gasteiger partial charge < -0.3 is 5.32 Å². The number of carbonyl (C=O) groups excluding carboxylic acids is 1. The lowest BCUT2D eigenvalue weighted by atomic mass is 10.2. The van der Waals surface area contributed by atoms with Crippen LogP contribution in [0.4, 0.5) is 5.69 Å². The number of anilines is 1. The zero-order valence-corrected chi connectivity index (χ0v) is 10.3. The average molecular weight is 263 g/mol. The van der Waals surface area contributed by atoms with Crippen molar-refractivity contribution in [2.45, 2.75) is 0 Å². The molecule has 6 heteroatoms. The van der Waals surface area contributed by atoms with Crippen LogP contribution in [-0.2, 0) is 0 Å². The topological polar surface area (TPSA) is 83.1 Å². The largest absolute Gasteiger partial charge is 0.322 e. The first kappa shape index (κ1) is 11.9. The molecule has 0 fully saturated rings. The monoisotopic (exact) mass is 263 g/mol. The highest BCUT2D eigenvalue weighted by Gasteiger charge is 2.12. The summed E-state index contributed by atoms with van der Waals surface area (Å²) in [4.78, 5) is 16.2. The van der Waals surface area contributed by atoms with Gasteiger partial charge >= 0.3 is 0 Å². The van der Waals surface area contributed by atoms with Gasteiger partial charge in [0.1, 0.15) is 0 Å². The Morgan fingerprint density at radius 2 is 2.25 bits per heavy atom. The van der Waals surface area contributed by atoms with Gasteiger partial charge in [-0.15, -0.1) is 0 Å². The minimum absolute atomic E-state index is 0.289. The molecule has 0 unspecified atom stereocenters. The lowest BCUT2D eigenvalue weighted by Gasteiger charge is -2.04. The molecular weight excluding hydrogens is 254 g/mol. The van der Waals surface area contributed by atoms with Crippen LogP contribution < -0.4 is 5.32 Å². The minimum atomic E-state index is -0.289. The Kier molecular flexibility index (Phi) is 2.86. The van der Waals surface area contributed by atoms with Gasteiger partial charge in [0.2, 0.25) is 0 Å². The van der Waals surface area contributed by atoms with Crippen LogP contribution in [0, 0.1) is 11.3 Å². The van der Waals surface area contributed by atoms with Crippen molar-refractivity contribution in [2.24, 2.45) is 0 Å². The van der Waals surface area contributed by atoms with Gasteiger partial charge in [-0.25, -0.2) is 4.52 Å². The van der Waals surface area contributed by atoms with Crippen molar-refractivity contribution in [3.05, 3.63) is 60.2 Å². The molecule has 0 atom stereocenters. The molecule has 0 radical (unpaired) electrons. The summed E-state index contributed by atoms with van der Waals surface area (Å²) in [7, 11) is 0. The summed E-state index contributed by atoms with van der Waals surface area (Å²) in [5.41, 5.74) is 2.11. The number of rotatable bonds is 2. The Balaban J connectivity index is 1.91. The molecule has 0 aliphatic heterocycles. The van der Waals surface area contributed by atoms with Gasteiger partial charge in [-0.3, -0.25) is 9.78 Å². The number of nitriles is 1. The fourth-order valence-corrected chi connectivity index (χ4v) is 1.87. The fourth-order valence-electron chi connectivity index (χ4n) is 1.87. The van der Waals surface area contributed by atoms with Crippen LogP contribution in [0.1, 0.15) is 15.9 Å². The molecule has 2 aromatic heterocycles. The maximum atomic E-state index is 12.2. The first-order valence-corrected chi connectivity index (χ1v) is 5.87. The van der Waals surface area contributed by atoms with Crippen LogP contribution in [0.25, 0.3) is 5.52 Å². The molecule has 1 amide bonds. The summed E-state index contributed by atoms with van der Waals surface area (Å²) < 4.78 is 1.58. The number of nitrogens with zero attached hydrogens (tertiary/aromatic N) is 4. The molecular formula is C14H9N5O. The molecule has 2 heterocycles. The Bertz CT molecular complexity index is 831. The molecule has 0 saturated heterocycles. The number of carbonyl (C=O) groups is 1. The molecule has 6 nitrogen and oxygen atoms in total. The number of hydrogen-bond donors (Lipinski definition) is 1. The lowest BCUT2D eigenvalue weighted by Crippen LogP contribution is -2.11. The van der Waals surface area contributed by atoms with Crippen molar-refractivity contribution in [1.82, 2.24) is 14.6 Å². The number of fused-ring (bicyclic) bond motifs is 1. The molecule has 0 bridgehead atoms. The highest BCUT2D eigenvalue weighted by Crippen LogP contribution is 2.14. The summed E-state index contributed by atoms with van der Waals surface area (Å²) in [5.74, 6) is -0.289. The van der Waals surface area contributed by atoms with Gasteiger partial charge in [-0.05, 0) is 18.2 Å². The van der Waals surface area contributed by atoms with Crippen LogP contribution in [0.3, 0.4) is 0 Å². The molecule has 0 aliphatic carbocycles. The van der Waals surface area contributed by atoms with E-state index in [4.69, 9.17) is 5.26 Å². The fraction of sp³-hybridized carbons (Fsp3) is 0. The highest BCUT2D eigenvalue weighted by molar-refractivity contribution is 6.08. The third kappa shape index (κ3) is 2.08. The predicted octanol–water partition coefficient (Wildman–Crippen LogP) is 1.85. The SMILES string of the molecule is N#Cc1cccc(NC(=O)c2cnn3ccncc23)c1. The third-order valence-corrected chi connectivity index (χ3v) is 2.82. The summed E-state index contributed by atoms with van der Waals surface area (Å²) in [6, 6.07) is 8.75. The van der Waals surface area contributed by atoms with Crippen molar-refractivity contribution in [3.63, 3.8) is 0 Å². The van der Waals surface area contributed by atoms with Gasteiger partial charge in [0.05, 0.1) is 35.1 Å². The van der Waals surface area contributed by atoms with Gasteiger partial charge in [-0.1, -0.05) is 6.07 Å². The van der Waals surface area contributed by atoms with Crippen molar-refractivity contribution in [2.75, 3.05) is 5.32 Å². The second-order valence-electron chi connectivity index (χ2n) is 4.11. The second-order valence-corrected chi connectivity index (χ2v) is 4.11. The second kappa shape index (κ2) is 4.82. The maximum absolute atomic E-state index is 12.2. The van der Waals surface area contributed by atoms with E-state index in [1.165, 1.54) is 6.20 Å². The Morgan fingerprint density at radius 1 is 1.35 bits per heavy atom. The Labute approximate surface area is 114 Å². The number of benzene rings is 1. The zero-order valence-electron chi connectivity index (χ0n) is 10.3. The first-order valence-electron chi connectivity index (χ1n) is 5.87. The van der Waals surface area contributed by atoms with Gasteiger partial charge in [0, 0.05) is 18.1 Å². The highest BCUT2D eigenvalue weighted by atomic mass is 16.1. The molecule has 0 saturated carbocycles. The van der Waals surface area contributed by atoms with Crippen molar-refractivity contribution >= 4 is 17.1 Å². The van der Waals surface area contributed by atoms with Crippen molar-refractivity contribution in [1.29, 1.82) is 5.26 Å². The maximum Gasteiger partial charge on any atom is 0.259 e. The van der Waals surface area contributed by atoms with Gasteiger partial charge in [-0.2, -0.15) is 10.4 Å². The van der Waals surface area contributed by atoms with E-state index >= 15 is 0 Å². The van der Waals surface area contributed by atoms with E-state index in [2.05, 4.69) is 15.4 Å². The lowest BCUT2D eigenvalue weighted by molar-refractivity contribution is 0.102. The minimum Gasteiger partial charge on any atom is -0.322 e. The predicted molar refractivity (Wildman–Crippen MR) is 72.1 cm³/mol. The van der Waals surface area contributed by atoms with E-state index < -0.39 is 0 Å². The van der Waals surface area contributed by atoms with Crippen LogP contribution in [0.2, 0.25) is 0 Å². The zero-order chi connectivity index (χ0) is 13.9. The Hall–Kier alpha value is -3.20. The van der Waals surface area contributed by atoms with Crippen molar-refractivity contribution < 1.29 is 4.79 Å². The quantitative estimate of drug-likeness (QED) is 0.764. The number of aromatic nitrogens is 3. The number of hydrogen-bond acceptors (Lipinski definition) is 4. The van der Waals surface area contributed by atoms with Crippen LogP contribution in [-0.4, -0.2) is 20.5 Å². The molecule has 1 aromatic carbocycles. The molecule has 3 aromatic rings. The molecule has 1 N–H and O–H groups in total. The van der Waals surface area contributed by atoms with E-state index in [1.54, 1.807) is 47.4 Å². The third-order valence-electron chi connectivity index (χ3n) is 2.82. The summed E-state index contributed by atoms with van der Waals surface area (Å²) in [6.45, 7) is 0. The van der Waals surface area contributed by atoms with Gasteiger partial charge in [0.25, 0.3) is 5.91 Å². The standard InChI is InChI=1S/C14H9N5O/c15-7-10-2-1-3-11(6-10)18-14(20)12-8-17-19-5-4-16-9-13(12)19/h1-6,8-9H,(H,18,20). The van der Waals surface area contributed by atoms with E-state index in [1.807, 2.05) is 6.07 Å². The summed E-state index contributed by atoms with van der Waals surface area (Å²) in [6.07, 6.45) is 6.33. The normalized spacial score (nSPS) is 10.2.